The number of amides is 1. The monoisotopic (exact) mass is 272 g/mol. The number of nitrogens with one attached hydrogen (secondary N) is 2. The summed E-state index contributed by atoms with van der Waals surface area (Å²) in [4.78, 5) is 20.2. The van der Waals surface area contributed by atoms with Crippen LogP contribution in [-0.4, -0.2) is 38.7 Å². The van der Waals surface area contributed by atoms with Crippen molar-refractivity contribution < 1.29 is 4.79 Å². The van der Waals surface area contributed by atoms with Crippen LogP contribution in [0.25, 0.3) is 5.82 Å². The maximum Gasteiger partial charge on any atom is 0.227 e. The Hall–Kier alpha value is -2.28. The topological polar surface area (TPSA) is 84.7 Å². The maximum absolute atomic E-state index is 12.1. The number of pyridine rings is 1. The van der Waals surface area contributed by atoms with E-state index in [0.29, 0.717) is 11.5 Å². The van der Waals surface area contributed by atoms with E-state index < -0.39 is 0 Å². The molecule has 0 radical (unpaired) electrons. The second kappa shape index (κ2) is 5.79. The van der Waals surface area contributed by atoms with Crippen LogP contribution < -0.4 is 10.6 Å². The van der Waals surface area contributed by atoms with Gasteiger partial charge in [-0.3, -0.25) is 4.79 Å². The number of carbonyl (C=O) groups excluding carboxylic acids is 1. The van der Waals surface area contributed by atoms with Crippen LogP contribution in [-0.2, 0) is 4.79 Å². The lowest BCUT2D eigenvalue weighted by Crippen LogP contribution is -2.34. The van der Waals surface area contributed by atoms with Gasteiger partial charge in [0.05, 0.1) is 11.9 Å². The van der Waals surface area contributed by atoms with Crippen LogP contribution in [0.1, 0.15) is 12.8 Å². The molecule has 0 unspecified atom stereocenters. The standard InChI is InChI=1S/C13H16N6O/c20-13(10-3-5-14-6-4-10)18-11-1-2-12(16-7-11)19-9-15-8-17-19/h1-2,7-10,14H,3-6H2,(H,18,20). The number of carbonyl (C=O) groups is 1. The molecule has 3 rings (SSSR count). The summed E-state index contributed by atoms with van der Waals surface area (Å²) in [5, 5.41) is 10.2. The molecule has 104 valence electrons. The zero-order chi connectivity index (χ0) is 13.8. The predicted octanol–water partition coefficient (Wildman–Crippen LogP) is 0.600. The fraction of sp³-hybridized carbons (Fsp3) is 0.385. The number of aromatic nitrogens is 4. The molecule has 2 aromatic heterocycles. The smallest absolute Gasteiger partial charge is 0.227 e. The molecule has 2 N–H and O–H groups in total. The minimum absolute atomic E-state index is 0.0711. The van der Waals surface area contributed by atoms with E-state index >= 15 is 0 Å². The molecule has 0 aliphatic carbocycles. The van der Waals surface area contributed by atoms with Gasteiger partial charge in [-0.1, -0.05) is 0 Å². The third-order valence-electron chi connectivity index (χ3n) is 3.38. The van der Waals surface area contributed by atoms with Crippen LogP contribution in [0.3, 0.4) is 0 Å². The van der Waals surface area contributed by atoms with Crippen molar-refractivity contribution in [3.8, 4) is 5.82 Å². The van der Waals surface area contributed by atoms with Gasteiger partial charge in [0.15, 0.2) is 5.82 Å². The Morgan fingerprint density at radius 1 is 1.35 bits per heavy atom. The van der Waals surface area contributed by atoms with Crippen LogP contribution >= 0.6 is 0 Å². The van der Waals surface area contributed by atoms with Gasteiger partial charge < -0.3 is 10.6 Å². The summed E-state index contributed by atoms with van der Waals surface area (Å²) < 4.78 is 1.57. The van der Waals surface area contributed by atoms with Crippen LogP contribution in [0, 0.1) is 5.92 Å². The quantitative estimate of drug-likeness (QED) is 0.854. The Morgan fingerprint density at radius 3 is 2.85 bits per heavy atom. The van der Waals surface area contributed by atoms with Gasteiger partial charge in [0, 0.05) is 5.92 Å². The molecule has 0 bridgehead atoms. The SMILES string of the molecule is O=C(Nc1ccc(-n2cncn2)nc1)C1CCNCC1. The highest BCUT2D eigenvalue weighted by Gasteiger charge is 2.20. The molecule has 2 aromatic rings. The van der Waals surface area contributed by atoms with E-state index in [-0.39, 0.29) is 11.8 Å². The average molecular weight is 272 g/mol. The van der Waals surface area contributed by atoms with Crippen molar-refractivity contribution in [2.45, 2.75) is 12.8 Å². The van der Waals surface area contributed by atoms with E-state index in [2.05, 4.69) is 25.7 Å². The van der Waals surface area contributed by atoms with Crippen molar-refractivity contribution in [1.82, 2.24) is 25.1 Å². The largest absolute Gasteiger partial charge is 0.324 e. The van der Waals surface area contributed by atoms with Crippen LogP contribution in [0.5, 0.6) is 0 Å². The van der Waals surface area contributed by atoms with Crippen molar-refractivity contribution >= 4 is 11.6 Å². The number of hydrogen-bond donors (Lipinski definition) is 2. The predicted molar refractivity (Wildman–Crippen MR) is 73.4 cm³/mol. The molecule has 1 aliphatic heterocycles. The fourth-order valence-corrected chi connectivity index (χ4v) is 2.25. The molecule has 0 aromatic carbocycles. The zero-order valence-corrected chi connectivity index (χ0v) is 11.0. The molecule has 1 fully saturated rings. The Kier molecular flexibility index (Phi) is 3.69. The summed E-state index contributed by atoms with van der Waals surface area (Å²) in [7, 11) is 0. The van der Waals surface area contributed by atoms with Crippen molar-refractivity contribution in [2.24, 2.45) is 5.92 Å². The first kappa shape index (κ1) is 12.7. The lowest BCUT2D eigenvalue weighted by Gasteiger charge is -2.21. The van der Waals surface area contributed by atoms with Gasteiger partial charge in [0.1, 0.15) is 12.7 Å². The average Bonchev–Trinajstić information content (AvgIpc) is 3.03. The van der Waals surface area contributed by atoms with Gasteiger partial charge in [-0.2, -0.15) is 5.10 Å². The third kappa shape index (κ3) is 2.83. The molecule has 3 heterocycles. The first-order valence-electron chi connectivity index (χ1n) is 6.65. The van der Waals surface area contributed by atoms with Crippen LogP contribution in [0.4, 0.5) is 5.69 Å². The van der Waals surface area contributed by atoms with E-state index in [9.17, 15) is 4.79 Å². The Bertz CT molecular complexity index is 559. The van der Waals surface area contributed by atoms with Crippen LogP contribution in [0.2, 0.25) is 0 Å². The number of rotatable bonds is 3. The van der Waals surface area contributed by atoms with E-state index in [4.69, 9.17) is 0 Å². The maximum atomic E-state index is 12.1. The molecule has 1 saturated heterocycles. The van der Waals surface area contributed by atoms with Crippen molar-refractivity contribution in [2.75, 3.05) is 18.4 Å². The molecule has 1 aliphatic rings. The van der Waals surface area contributed by atoms with Gasteiger partial charge in [-0.25, -0.2) is 14.6 Å². The lowest BCUT2D eigenvalue weighted by atomic mass is 9.97. The highest BCUT2D eigenvalue weighted by molar-refractivity contribution is 5.92. The van der Waals surface area contributed by atoms with Crippen molar-refractivity contribution in [3.63, 3.8) is 0 Å². The fourth-order valence-electron chi connectivity index (χ4n) is 2.25. The van der Waals surface area contributed by atoms with Gasteiger partial charge >= 0.3 is 0 Å². The van der Waals surface area contributed by atoms with E-state index in [0.717, 1.165) is 25.9 Å². The summed E-state index contributed by atoms with van der Waals surface area (Å²) in [6.45, 7) is 1.81. The van der Waals surface area contributed by atoms with E-state index in [1.807, 2.05) is 6.07 Å². The first-order chi connectivity index (χ1) is 9.83. The van der Waals surface area contributed by atoms with E-state index in [1.165, 1.54) is 6.33 Å². The van der Waals surface area contributed by atoms with Gasteiger partial charge in [-0.05, 0) is 38.1 Å². The molecule has 7 nitrogen and oxygen atoms in total. The summed E-state index contributed by atoms with van der Waals surface area (Å²) in [6.07, 6.45) is 6.44. The molecule has 0 atom stereocenters. The molecular weight excluding hydrogens is 256 g/mol. The number of nitrogens with zero attached hydrogens (tertiary/aromatic N) is 4. The highest BCUT2D eigenvalue weighted by Crippen LogP contribution is 2.15. The summed E-state index contributed by atoms with van der Waals surface area (Å²) >= 11 is 0. The van der Waals surface area contributed by atoms with Gasteiger partial charge in [0.2, 0.25) is 5.91 Å². The van der Waals surface area contributed by atoms with Gasteiger partial charge in [-0.15, -0.1) is 0 Å². The summed E-state index contributed by atoms with van der Waals surface area (Å²) in [5.74, 6) is 0.829. The summed E-state index contributed by atoms with van der Waals surface area (Å²) in [6, 6.07) is 3.62. The number of piperidine rings is 1. The van der Waals surface area contributed by atoms with E-state index in [1.54, 1.807) is 23.3 Å². The molecule has 20 heavy (non-hydrogen) atoms. The Balaban J connectivity index is 1.64. The second-order valence-electron chi connectivity index (χ2n) is 4.76. The number of hydrogen-bond acceptors (Lipinski definition) is 5. The minimum atomic E-state index is 0.0711. The molecule has 7 heteroatoms. The summed E-state index contributed by atoms with van der Waals surface area (Å²) in [5.41, 5.74) is 0.706. The molecular formula is C13H16N6O. The Labute approximate surface area is 116 Å². The third-order valence-corrected chi connectivity index (χ3v) is 3.38. The highest BCUT2D eigenvalue weighted by atomic mass is 16.1. The first-order valence-corrected chi connectivity index (χ1v) is 6.65. The van der Waals surface area contributed by atoms with Crippen molar-refractivity contribution in [3.05, 3.63) is 31.0 Å². The van der Waals surface area contributed by atoms with Crippen LogP contribution in [0.15, 0.2) is 31.0 Å². The molecule has 0 saturated carbocycles. The van der Waals surface area contributed by atoms with Crippen molar-refractivity contribution in [1.29, 1.82) is 0 Å². The van der Waals surface area contributed by atoms with Gasteiger partial charge in [0.25, 0.3) is 0 Å². The molecule has 0 spiro atoms. The number of anilines is 1. The lowest BCUT2D eigenvalue weighted by molar-refractivity contribution is -0.120. The molecule has 1 amide bonds. The zero-order valence-electron chi connectivity index (χ0n) is 11.0. The normalized spacial score (nSPS) is 16.0. The second-order valence-corrected chi connectivity index (χ2v) is 4.76. The Morgan fingerprint density at radius 2 is 2.20 bits per heavy atom. The minimum Gasteiger partial charge on any atom is -0.324 e.